The van der Waals surface area contributed by atoms with E-state index in [4.69, 9.17) is 0 Å². The second kappa shape index (κ2) is 8.99. The van der Waals surface area contributed by atoms with E-state index < -0.39 is 34.1 Å². The molecule has 9 heteroatoms. The van der Waals surface area contributed by atoms with Crippen LogP contribution in [0.25, 0.3) is 0 Å². The minimum atomic E-state index is -3.88. The van der Waals surface area contributed by atoms with Crippen molar-refractivity contribution in [1.82, 2.24) is 5.32 Å². The molecule has 0 bridgehead atoms. The van der Waals surface area contributed by atoms with Crippen LogP contribution in [-0.2, 0) is 14.8 Å². The van der Waals surface area contributed by atoms with Crippen LogP contribution >= 0.6 is 0 Å². The number of nitrogens with zero attached hydrogens (tertiary/aromatic N) is 2. The topological polar surface area (TPSA) is 69.7 Å². The van der Waals surface area contributed by atoms with Crippen LogP contribution in [-0.4, -0.2) is 40.2 Å². The summed E-state index contributed by atoms with van der Waals surface area (Å²) in [7, 11) is -3.88. The number of hydrogen-bond donors (Lipinski definition) is 1. The summed E-state index contributed by atoms with van der Waals surface area (Å²) in [6.45, 7) is 3.33. The van der Waals surface area contributed by atoms with E-state index in [1.807, 2.05) is 24.3 Å². The van der Waals surface area contributed by atoms with Gasteiger partial charge in [0.15, 0.2) is 11.6 Å². The minimum absolute atomic E-state index is 0.117. The molecule has 1 unspecified atom stereocenters. The lowest BCUT2D eigenvalue weighted by molar-refractivity contribution is -0.120. The monoisotopic (exact) mass is 437 g/mol. The Balaban J connectivity index is 1.68. The molecule has 1 amide bonds. The van der Waals surface area contributed by atoms with E-state index in [2.05, 4.69) is 10.2 Å². The molecule has 1 heterocycles. The van der Waals surface area contributed by atoms with Crippen molar-refractivity contribution in [2.45, 2.75) is 25.8 Å². The Hall–Kier alpha value is -2.68. The first kappa shape index (κ1) is 22.0. The lowest BCUT2D eigenvalue weighted by atomic mass is 10.1. The fraction of sp³-hybridized carbons (Fsp3) is 0.381. The van der Waals surface area contributed by atoms with Gasteiger partial charge in [0, 0.05) is 24.8 Å². The first-order valence-corrected chi connectivity index (χ1v) is 11.6. The van der Waals surface area contributed by atoms with E-state index in [1.165, 1.54) is 12.8 Å². The van der Waals surface area contributed by atoms with Gasteiger partial charge in [-0.25, -0.2) is 17.2 Å². The molecule has 0 aliphatic carbocycles. The summed E-state index contributed by atoms with van der Waals surface area (Å²) < 4.78 is 51.7. The molecule has 2 aromatic rings. The molecule has 0 aromatic heterocycles. The van der Waals surface area contributed by atoms with Gasteiger partial charge in [-0.3, -0.25) is 9.10 Å². The van der Waals surface area contributed by atoms with Crippen LogP contribution in [0.3, 0.4) is 0 Å². The zero-order chi connectivity index (χ0) is 21.9. The highest BCUT2D eigenvalue weighted by atomic mass is 32.2. The van der Waals surface area contributed by atoms with Gasteiger partial charge >= 0.3 is 0 Å². The second-order valence-electron chi connectivity index (χ2n) is 7.44. The molecule has 1 atom stereocenters. The number of anilines is 2. The molecule has 1 aliphatic heterocycles. The summed E-state index contributed by atoms with van der Waals surface area (Å²) in [5, 5.41) is 2.76. The number of rotatable bonds is 7. The number of nitrogens with one attached hydrogen (secondary N) is 1. The molecule has 3 rings (SSSR count). The van der Waals surface area contributed by atoms with E-state index in [0.29, 0.717) is 0 Å². The number of amides is 1. The summed E-state index contributed by atoms with van der Waals surface area (Å²) in [4.78, 5) is 14.8. The first-order chi connectivity index (χ1) is 14.1. The number of carbonyl (C=O) groups excluding carboxylic acids is 1. The van der Waals surface area contributed by atoms with Crippen molar-refractivity contribution in [2.75, 3.05) is 35.1 Å². The first-order valence-electron chi connectivity index (χ1n) is 9.72. The average Bonchev–Trinajstić information content (AvgIpc) is 3.22. The Morgan fingerprint density at radius 1 is 1.10 bits per heavy atom. The molecule has 0 spiro atoms. The maximum absolute atomic E-state index is 13.5. The third-order valence-corrected chi connectivity index (χ3v) is 6.26. The van der Waals surface area contributed by atoms with Crippen molar-refractivity contribution in [1.29, 1.82) is 0 Å². The van der Waals surface area contributed by atoms with Gasteiger partial charge in [0.25, 0.3) is 0 Å². The van der Waals surface area contributed by atoms with Crippen LogP contribution in [0.15, 0.2) is 42.5 Å². The molecule has 6 nitrogen and oxygen atoms in total. The van der Waals surface area contributed by atoms with E-state index in [0.717, 1.165) is 53.1 Å². The Bertz CT molecular complexity index is 1010. The highest BCUT2D eigenvalue weighted by Gasteiger charge is 2.23. The largest absolute Gasteiger partial charge is 0.372 e. The number of carbonyl (C=O) groups is 1. The number of halogens is 2. The highest BCUT2D eigenvalue weighted by Crippen LogP contribution is 2.23. The fourth-order valence-electron chi connectivity index (χ4n) is 3.49. The van der Waals surface area contributed by atoms with E-state index in [9.17, 15) is 22.0 Å². The summed E-state index contributed by atoms with van der Waals surface area (Å²) in [5.74, 6) is -2.84. The van der Waals surface area contributed by atoms with Gasteiger partial charge in [0.05, 0.1) is 18.0 Å². The number of benzene rings is 2. The summed E-state index contributed by atoms with van der Waals surface area (Å²) in [5.41, 5.74) is 1.90. The molecular formula is C21H25F2N3O3S. The molecule has 1 fully saturated rings. The lowest BCUT2D eigenvalue weighted by Gasteiger charge is -2.24. The van der Waals surface area contributed by atoms with Crippen LogP contribution in [0, 0.1) is 11.6 Å². The third-order valence-electron chi connectivity index (χ3n) is 5.12. The highest BCUT2D eigenvalue weighted by molar-refractivity contribution is 7.92. The molecule has 0 radical (unpaired) electrons. The van der Waals surface area contributed by atoms with Crippen molar-refractivity contribution in [3.63, 3.8) is 0 Å². The second-order valence-corrected chi connectivity index (χ2v) is 9.35. The SMILES string of the molecule is CC(NC(=O)CN(c1ccc(F)c(F)c1)S(C)(=O)=O)c1ccc(N2CCCC2)cc1. The predicted molar refractivity (Wildman–Crippen MR) is 113 cm³/mol. The molecule has 0 saturated carbocycles. The molecular weight excluding hydrogens is 412 g/mol. The summed E-state index contributed by atoms with van der Waals surface area (Å²) >= 11 is 0. The van der Waals surface area contributed by atoms with Crippen LogP contribution in [0.2, 0.25) is 0 Å². The van der Waals surface area contributed by atoms with Crippen LogP contribution in [0.1, 0.15) is 31.4 Å². The van der Waals surface area contributed by atoms with Crippen molar-refractivity contribution >= 4 is 27.3 Å². The zero-order valence-electron chi connectivity index (χ0n) is 16.9. The predicted octanol–water partition coefficient (Wildman–Crippen LogP) is 3.21. The molecule has 30 heavy (non-hydrogen) atoms. The Labute approximate surface area is 175 Å². The van der Waals surface area contributed by atoms with Crippen molar-refractivity contribution in [3.05, 3.63) is 59.7 Å². The third kappa shape index (κ3) is 5.27. The normalized spacial score (nSPS) is 15.1. The molecule has 1 N–H and O–H groups in total. The molecule has 2 aromatic carbocycles. The lowest BCUT2D eigenvalue weighted by Crippen LogP contribution is -2.41. The fourth-order valence-corrected chi connectivity index (χ4v) is 4.34. The van der Waals surface area contributed by atoms with Crippen LogP contribution in [0.4, 0.5) is 20.2 Å². The van der Waals surface area contributed by atoms with Gasteiger partial charge in [-0.05, 0) is 49.6 Å². The minimum Gasteiger partial charge on any atom is -0.372 e. The van der Waals surface area contributed by atoms with Crippen molar-refractivity contribution < 1.29 is 22.0 Å². The average molecular weight is 438 g/mol. The molecule has 162 valence electrons. The molecule has 1 aliphatic rings. The smallest absolute Gasteiger partial charge is 0.241 e. The van der Waals surface area contributed by atoms with Gasteiger partial charge in [-0.2, -0.15) is 0 Å². The van der Waals surface area contributed by atoms with Gasteiger partial charge in [0.1, 0.15) is 6.54 Å². The van der Waals surface area contributed by atoms with Gasteiger partial charge in [0.2, 0.25) is 15.9 Å². The Kier molecular flexibility index (Phi) is 6.60. The van der Waals surface area contributed by atoms with Gasteiger partial charge in [-0.15, -0.1) is 0 Å². The number of sulfonamides is 1. The standard InChI is InChI=1S/C21H25F2N3O3S/c1-15(16-5-7-17(8-6-16)25-11-3-4-12-25)24-21(27)14-26(30(2,28)29)18-9-10-19(22)20(23)13-18/h5-10,13,15H,3-4,11-12,14H2,1-2H3,(H,24,27). The maximum atomic E-state index is 13.5. The summed E-state index contributed by atoms with van der Waals surface area (Å²) in [6, 6.07) is 10.2. The van der Waals surface area contributed by atoms with E-state index >= 15 is 0 Å². The maximum Gasteiger partial charge on any atom is 0.241 e. The Morgan fingerprint density at radius 3 is 2.30 bits per heavy atom. The van der Waals surface area contributed by atoms with Gasteiger partial charge in [-0.1, -0.05) is 12.1 Å². The van der Waals surface area contributed by atoms with Crippen molar-refractivity contribution in [2.24, 2.45) is 0 Å². The quantitative estimate of drug-likeness (QED) is 0.722. The summed E-state index contributed by atoms with van der Waals surface area (Å²) in [6.07, 6.45) is 3.27. The van der Waals surface area contributed by atoms with Gasteiger partial charge < -0.3 is 10.2 Å². The Morgan fingerprint density at radius 2 is 1.73 bits per heavy atom. The van der Waals surface area contributed by atoms with Crippen LogP contribution < -0.4 is 14.5 Å². The van der Waals surface area contributed by atoms with E-state index in [-0.39, 0.29) is 11.7 Å². The zero-order valence-corrected chi connectivity index (χ0v) is 17.8. The van der Waals surface area contributed by atoms with E-state index in [1.54, 1.807) is 6.92 Å². The molecule has 1 saturated heterocycles. The number of hydrogen-bond acceptors (Lipinski definition) is 4. The van der Waals surface area contributed by atoms with Crippen LogP contribution in [0.5, 0.6) is 0 Å². The van der Waals surface area contributed by atoms with Crippen molar-refractivity contribution in [3.8, 4) is 0 Å².